The van der Waals surface area contributed by atoms with Gasteiger partial charge in [-0.25, -0.2) is 0 Å². The van der Waals surface area contributed by atoms with Gasteiger partial charge in [-0.05, 0) is 35.4 Å². The minimum Gasteiger partial charge on any atom is -0.457 e. The molecule has 3 heteroatoms. The van der Waals surface area contributed by atoms with E-state index < -0.39 is 6.04 Å². The first-order chi connectivity index (χ1) is 10.7. The van der Waals surface area contributed by atoms with Crippen LogP contribution in [-0.4, -0.2) is 6.04 Å². The van der Waals surface area contributed by atoms with Crippen molar-refractivity contribution < 1.29 is 13.9 Å². The van der Waals surface area contributed by atoms with E-state index in [1.54, 1.807) is 30.3 Å². The quantitative estimate of drug-likeness (QED) is 0.613. The summed E-state index contributed by atoms with van der Waals surface area (Å²) in [5.74, 6) is 0.760. The monoisotopic (exact) mass is 292 g/mol. The molecule has 0 aliphatic carbocycles. The Kier molecular flexibility index (Phi) is 3.97. The zero-order valence-corrected chi connectivity index (χ0v) is 11.7. The van der Waals surface area contributed by atoms with Gasteiger partial charge in [0.25, 0.3) is 0 Å². The molecule has 0 spiro atoms. The van der Waals surface area contributed by atoms with Crippen LogP contribution in [0.4, 0.5) is 4.39 Å². The lowest BCUT2D eigenvalue weighted by molar-refractivity contribution is 0.0833. The van der Waals surface area contributed by atoms with Crippen molar-refractivity contribution >= 4 is 6.04 Å². The average molecular weight is 292 g/mol. The molecule has 0 unspecified atom stereocenters. The standard InChI is InChI=1S/C19H13FO2/c20-19(21)17-8-4-5-9-18(17)22-16-12-10-15(11-13-16)14-6-2-1-3-7-14/h1-13H. The van der Waals surface area contributed by atoms with Gasteiger partial charge in [-0.1, -0.05) is 54.6 Å². The average Bonchev–Trinajstić information content (AvgIpc) is 2.57. The maximum Gasteiger partial charge on any atom is 0.335 e. The Morgan fingerprint density at radius 3 is 2.00 bits per heavy atom. The second-order valence-electron chi connectivity index (χ2n) is 4.76. The third kappa shape index (κ3) is 3.04. The van der Waals surface area contributed by atoms with Crippen molar-refractivity contribution in [2.75, 3.05) is 0 Å². The summed E-state index contributed by atoms with van der Waals surface area (Å²) >= 11 is 0. The summed E-state index contributed by atoms with van der Waals surface area (Å²) in [5.41, 5.74) is 2.09. The van der Waals surface area contributed by atoms with Crippen molar-refractivity contribution in [3.63, 3.8) is 0 Å². The summed E-state index contributed by atoms with van der Waals surface area (Å²) in [5, 5.41) is 0. The maximum atomic E-state index is 13.0. The lowest BCUT2D eigenvalue weighted by Gasteiger charge is -2.09. The number of carbonyl (C=O) groups is 1. The number of para-hydroxylation sites is 1. The zero-order valence-electron chi connectivity index (χ0n) is 11.7. The fourth-order valence-electron chi connectivity index (χ4n) is 2.19. The molecular weight excluding hydrogens is 279 g/mol. The van der Waals surface area contributed by atoms with E-state index in [2.05, 4.69) is 0 Å². The Labute approximate surface area is 127 Å². The van der Waals surface area contributed by atoms with Gasteiger partial charge in [-0.2, -0.15) is 4.39 Å². The highest BCUT2D eigenvalue weighted by molar-refractivity contribution is 5.91. The molecule has 0 heterocycles. The molecule has 0 atom stereocenters. The van der Waals surface area contributed by atoms with Crippen molar-refractivity contribution in [1.29, 1.82) is 0 Å². The van der Waals surface area contributed by atoms with Crippen LogP contribution in [0.2, 0.25) is 0 Å². The van der Waals surface area contributed by atoms with Crippen LogP contribution in [0.3, 0.4) is 0 Å². The highest BCUT2D eigenvalue weighted by Crippen LogP contribution is 2.28. The number of rotatable bonds is 4. The Morgan fingerprint density at radius 2 is 1.32 bits per heavy atom. The van der Waals surface area contributed by atoms with Crippen molar-refractivity contribution in [1.82, 2.24) is 0 Å². The molecule has 0 radical (unpaired) electrons. The van der Waals surface area contributed by atoms with Gasteiger partial charge in [0.15, 0.2) is 0 Å². The molecule has 108 valence electrons. The minimum absolute atomic E-state index is 0.0744. The largest absolute Gasteiger partial charge is 0.457 e. The van der Waals surface area contributed by atoms with Gasteiger partial charge in [-0.3, -0.25) is 4.79 Å². The second-order valence-corrected chi connectivity index (χ2v) is 4.76. The van der Waals surface area contributed by atoms with Gasteiger partial charge < -0.3 is 4.74 Å². The summed E-state index contributed by atoms with van der Waals surface area (Å²) in [6.07, 6.45) is 0. The molecular formula is C19H13FO2. The van der Waals surface area contributed by atoms with Gasteiger partial charge in [0.2, 0.25) is 0 Å². The van der Waals surface area contributed by atoms with E-state index in [4.69, 9.17) is 4.74 Å². The molecule has 0 saturated carbocycles. The Bertz CT molecular complexity index is 780. The van der Waals surface area contributed by atoms with Crippen LogP contribution in [0.5, 0.6) is 11.5 Å². The number of benzene rings is 3. The zero-order chi connectivity index (χ0) is 15.4. The van der Waals surface area contributed by atoms with E-state index in [9.17, 15) is 9.18 Å². The highest BCUT2D eigenvalue weighted by atomic mass is 19.1. The number of carbonyl (C=O) groups excluding carboxylic acids is 1. The van der Waals surface area contributed by atoms with Gasteiger partial charge in [0, 0.05) is 0 Å². The molecule has 3 aromatic carbocycles. The van der Waals surface area contributed by atoms with Gasteiger partial charge in [-0.15, -0.1) is 0 Å². The molecule has 3 aromatic rings. The van der Waals surface area contributed by atoms with Crippen molar-refractivity contribution in [3.8, 4) is 22.6 Å². The second kappa shape index (κ2) is 6.22. The molecule has 0 aliphatic heterocycles. The van der Waals surface area contributed by atoms with E-state index in [-0.39, 0.29) is 11.3 Å². The number of hydrogen-bond acceptors (Lipinski definition) is 2. The molecule has 2 nitrogen and oxygen atoms in total. The van der Waals surface area contributed by atoms with E-state index in [1.165, 1.54) is 6.07 Å². The number of ether oxygens (including phenoxy) is 1. The maximum absolute atomic E-state index is 13.0. The number of hydrogen-bond donors (Lipinski definition) is 0. The normalized spacial score (nSPS) is 10.2. The van der Waals surface area contributed by atoms with E-state index in [1.807, 2.05) is 42.5 Å². The third-order valence-corrected chi connectivity index (χ3v) is 3.29. The summed E-state index contributed by atoms with van der Waals surface area (Å²) in [6, 6.07) is 22.1. The molecule has 22 heavy (non-hydrogen) atoms. The highest BCUT2D eigenvalue weighted by Gasteiger charge is 2.11. The first-order valence-electron chi connectivity index (χ1n) is 6.86. The number of halogens is 1. The molecule has 0 N–H and O–H groups in total. The van der Waals surface area contributed by atoms with Crippen molar-refractivity contribution in [2.24, 2.45) is 0 Å². The molecule has 0 aromatic heterocycles. The van der Waals surface area contributed by atoms with Crippen LogP contribution in [0.1, 0.15) is 10.4 Å². The predicted molar refractivity (Wildman–Crippen MR) is 83.8 cm³/mol. The van der Waals surface area contributed by atoms with Crippen LogP contribution in [0.15, 0.2) is 78.9 Å². The molecule has 0 bridgehead atoms. The Hall–Kier alpha value is -2.94. The van der Waals surface area contributed by atoms with E-state index in [0.717, 1.165) is 11.1 Å². The third-order valence-electron chi connectivity index (χ3n) is 3.29. The van der Waals surface area contributed by atoms with Crippen LogP contribution in [0.25, 0.3) is 11.1 Å². The topological polar surface area (TPSA) is 26.3 Å². The smallest absolute Gasteiger partial charge is 0.335 e. The van der Waals surface area contributed by atoms with E-state index in [0.29, 0.717) is 5.75 Å². The van der Waals surface area contributed by atoms with Crippen LogP contribution in [-0.2, 0) is 0 Å². The predicted octanol–water partition coefficient (Wildman–Crippen LogP) is 5.26. The Balaban J connectivity index is 1.84. The van der Waals surface area contributed by atoms with Crippen LogP contribution in [0, 0.1) is 0 Å². The summed E-state index contributed by atoms with van der Waals surface area (Å²) in [4.78, 5) is 10.9. The first-order valence-corrected chi connectivity index (χ1v) is 6.86. The molecule has 0 amide bonds. The fraction of sp³-hybridized carbons (Fsp3) is 0. The van der Waals surface area contributed by atoms with Gasteiger partial charge in [0.1, 0.15) is 11.5 Å². The van der Waals surface area contributed by atoms with Crippen LogP contribution >= 0.6 is 0 Å². The molecule has 0 aliphatic rings. The molecule has 0 fully saturated rings. The molecule has 3 rings (SSSR count). The van der Waals surface area contributed by atoms with Crippen molar-refractivity contribution in [2.45, 2.75) is 0 Å². The summed E-state index contributed by atoms with van der Waals surface area (Å²) in [7, 11) is 0. The van der Waals surface area contributed by atoms with Crippen molar-refractivity contribution in [3.05, 3.63) is 84.4 Å². The van der Waals surface area contributed by atoms with E-state index >= 15 is 0 Å². The first kappa shape index (κ1) is 14.0. The lowest BCUT2D eigenvalue weighted by atomic mass is 10.1. The summed E-state index contributed by atoms with van der Waals surface area (Å²) < 4.78 is 18.6. The Morgan fingerprint density at radius 1 is 0.727 bits per heavy atom. The lowest BCUT2D eigenvalue weighted by Crippen LogP contribution is -1.95. The molecule has 0 saturated heterocycles. The van der Waals surface area contributed by atoms with Crippen LogP contribution < -0.4 is 4.74 Å². The fourth-order valence-corrected chi connectivity index (χ4v) is 2.19. The minimum atomic E-state index is -1.50. The summed E-state index contributed by atoms with van der Waals surface area (Å²) in [6.45, 7) is 0. The SMILES string of the molecule is O=C(F)c1ccccc1Oc1ccc(-c2ccccc2)cc1. The van der Waals surface area contributed by atoms with Gasteiger partial charge >= 0.3 is 6.04 Å². The van der Waals surface area contributed by atoms with Gasteiger partial charge in [0.05, 0.1) is 5.56 Å².